The van der Waals surface area contributed by atoms with Gasteiger partial charge in [-0.3, -0.25) is 4.99 Å². The van der Waals surface area contributed by atoms with Crippen molar-refractivity contribution in [3.05, 3.63) is 46.8 Å². The van der Waals surface area contributed by atoms with Gasteiger partial charge in [-0.15, -0.1) is 24.0 Å². The molecule has 1 aromatic heterocycles. The van der Waals surface area contributed by atoms with E-state index < -0.39 is 0 Å². The fourth-order valence-electron chi connectivity index (χ4n) is 3.79. The maximum Gasteiger partial charge on any atom is 0.191 e. The van der Waals surface area contributed by atoms with Crippen LogP contribution in [-0.2, 0) is 25.8 Å². The van der Waals surface area contributed by atoms with Gasteiger partial charge in [-0.25, -0.2) is 0 Å². The monoisotopic (exact) mass is 526 g/mol. The second-order valence-electron chi connectivity index (χ2n) is 7.51. The summed E-state index contributed by atoms with van der Waals surface area (Å²) in [6, 6.07) is 8.48. The summed E-state index contributed by atoms with van der Waals surface area (Å²) in [7, 11) is 1.79. The number of aryl methyl sites for hydroxylation is 2. The molecule has 1 aliphatic rings. The number of aromatic nitrogens is 1. The summed E-state index contributed by atoms with van der Waals surface area (Å²) < 4.78 is 11.5. The van der Waals surface area contributed by atoms with Crippen molar-refractivity contribution in [1.82, 2.24) is 15.8 Å². The minimum Gasteiger partial charge on any atom is -0.490 e. The Morgan fingerprint density at radius 3 is 2.50 bits per heavy atom. The highest BCUT2D eigenvalue weighted by molar-refractivity contribution is 14.0. The first-order valence-electron chi connectivity index (χ1n) is 10.9. The third kappa shape index (κ3) is 6.89. The molecule has 166 valence electrons. The average Bonchev–Trinajstić information content (AvgIpc) is 3.40. The molecule has 30 heavy (non-hydrogen) atoms. The molecule has 0 aliphatic heterocycles. The van der Waals surface area contributed by atoms with Crippen LogP contribution in [0.25, 0.3) is 0 Å². The van der Waals surface area contributed by atoms with E-state index in [0.717, 1.165) is 54.5 Å². The van der Waals surface area contributed by atoms with E-state index in [2.05, 4.69) is 58.9 Å². The first-order chi connectivity index (χ1) is 14.2. The second-order valence-corrected chi connectivity index (χ2v) is 7.51. The van der Waals surface area contributed by atoms with Crippen LogP contribution >= 0.6 is 24.0 Å². The van der Waals surface area contributed by atoms with Crippen LogP contribution in [0.2, 0.25) is 0 Å². The Hall–Kier alpha value is -1.77. The zero-order valence-corrected chi connectivity index (χ0v) is 20.7. The molecule has 3 rings (SSSR count). The lowest BCUT2D eigenvalue weighted by Crippen LogP contribution is -2.38. The summed E-state index contributed by atoms with van der Waals surface area (Å²) in [4.78, 5) is 4.32. The SMILES string of the molecule is CCc1noc(CC)c1CNC(=NC)NCCc1ccc(OC2CCCC2)cc1.I. The number of rotatable bonds is 9. The normalized spacial score (nSPS) is 14.4. The minimum absolute atomic E-state index is 0. The maximum atomic E-state index is 6.04. The van der Waals surface area contributed by atoms with Crippen molar-refractivity contribution < 1.29 is 9.26 Å². The molecule has 1 fully saturated rings. The van der Waals surface area contributed by atoms with E-state index in [1.54, 1.807) is 7.05 Å². The fourth-order valence-corrected chi connectivity index (χ4v) is 3.79. The molecule has 1 aromatic carbocycles. The minimum atomic E-state index is 0. The van der Waals surface area contributed by atoms with Crippen LogP contribution in [0.5, 0.6) is 5.75 Å². The zero-order valence-electron chi connectivity index (χ0n) is 18.4. The molecule has 2 N–H and O–H groups in total. The van der Waals surface area contributed by atoms with Gasteiger partial charge in [0.15, 0.2) is 5.96 Å². The number of guanidine groups is 1. The highest BCUT2D eigenvalue weighted by Gasteiger charge is 2.16. The van der Waals surface area contributed by atoms with Gasteiger partial charge in [0.2, 0.25) is 0 Å². The van der Waals surface area contributed by atoms with Crippen LogP contribution in [0.3, 0.4) is 0 Å². The van der Waals surface area contributed by atoms with Crippen molar-refractivity contribution in [3.8, 4) is 5.75 Å². The van der Waals surface area contributed by atoms with Gasteiger partial charge in [0.25, 0.3) is 0 Å². The van der Waals surface area contributed by atoms with Crippen molar-refractivity contribution >= 4 is 29.9 Å². The highest BCUT2D eigenvalue weighted by atomic mass is 127. The second kappa shape index (κ2) is 12.8. The summed E-state index contributed by atoms with van der Waals surface area (Å²) in [5.41, 5.74) is 3.45. The molecule has 1 heterocycles. The summed E-state index contributed by atoms with van der Waals surface area (Å²) >= 11 is 0. The summed E-state index contributed by atoms with van der Waals surface area (Å²) in [6.07, 6.45) is 8.00. The number of hydrogen-bond acceptors (Lipinski definition) is 4. The lowest BCUT2D eigenvalue weighted by atomic mass is 10.1. The molecule has 0 bridgehead atoms. The van der Waals surface area contributed by atoms with E-state index >= 15 is 0 Å². The molecule has 0 atom stereocenters. The van der Waals surface area contributed by atoms with Crippen molar-refractivity contribution in [2.45, 2.75) is 71.4 Å². The molecule has 0 spiro atoms. The van der Waals surface area contributed by atoms with Crippen LogP contribution in [0, 0.1) is 0 Å². The Balaban J connectivity index is 0.00000320. The number of hydrogen-bond donors (Lipinski definition) is 2. The quantitative estimate of drug-likeness (QED) is 0.283. The molecule has 7 heteroatoms. The number of aliphatic imine (C=N–C) groups is 1. The van der Waals surface area contributed by atoms with Gasteiger partial charge < -0.3 is 19.9 Å². The fraction of sp³-hybridized carbons (Fsp3) is 0.565. The Labute approximate surface area is 197 Å². The molecule has 0 saturated heterocycles. The van der Waals surface area contributed by atoms with Gasteiger partial charge in [0.05, 0.1) is 11.8 Å². The average molecular weight is 526 g/mol. The highest BCUT2D eigenvalue weighted by Crippen LogP contribution is 2.24. The smallest absolute Gasteiger partial charge is 0.191 e. The lowest BCUT2D eigenvalue weighted by Gasteiger charge is -2.14. The van der Waals surface area contributed by atoms with Gasteiger partial charge in [-0.05, 0) is 56.2 Å². The molecule has 0 unspecified atom stereocenters. The van der Waals surface area contributed by atoms with Crippen LogP contribution in [-0.4, -0.2) is 30.8 Å². The van der Waals surface area contributed by atoms with E-state index in [1.807, 2.05) is 0 Å². The zero-order chi connectivity index (χ0) is 20.5. The molecule has 2 aromatic rings. The standard InChI is InChI=1S/C23H34N4O2.HI/c1-4-21-20(22(5-2)29-27-21)16-26-23(24-3)25-15-14-17-10-12-19(13-11-17)28-18-8-6-7-9-18;/h10-13,18H,4-9,14-16H2,1-3H3,(H2,24,25,26);1H. The van der Waals surface area contributed by atoms with Gasteiger partial charge in [0.1, 0.15) is 11.5 Å². The van der Waals surface area contributed by atoms with Gasteiger partial charge >= 0.3 is 0 Å². The molecule has 0 amide bonds. The molecule has 1 saturated carbocycles. The molecule has 6 nitrogen and oxygen atoms in total. The van der Waals surface area contributed by atoms with Gasteiger partial charge in [-0.1, -0.05) is 31.1 Å². The van der Waals surface area contributed by atoms with E-state index in [9.17, 15) is 0 Å². The Bertz CT molecular complexity index is 762. The van der Waals surface area contributed by atoms with E-state index in [0.29, 0.717) is 12.6 Å². The first-order valence-corrected chi connectivity index (χ1v) is 10.9. The van der Waals surface area contributed by atoms with Crippen molar-refractivity contribution in [1.29, 1.82) is 0 Å². The lowest BCUT2D eigenvalue weighted by molar-refractivity contribution is 0.210. The Morgan fingerprint density at radius 2 is 1.87 bits per heavy atom. The largest absolute Gasteiger partial charge is 0.490 e. The number of nitrogens with one attached hydrogen (secondary N) is 2. The van der Waals surface area contributed by atoms with Crippen LogP contribution < -0.4 is 15.4 Å². The first kappa shape index (κ1) is 24.5. The maximum absolute atomic E-state index is 6.04. The summed E-state index contributed by atoms with van der Waals surface area (Å²) in [5.74, 6) is 2.72. The Morgan fingerprint density at radius 1 is 1.13 bits per heavy atom. The summed E-state index contributed by atoms with van der Waals surface area (Å²) in [6.45, 7) is 5.66. The number of benzene rings is 1. The third-order valence-electron chi connectivity index (χ3n) is 5.50. The van der Waals surface area contributed by atoms with Crippen LogP contribution in [0.1, 0.15) is 62.1 Å². The van der Waals surface area contributed by atoms with E-state index in [1.165, 1.54) is 31.2 Å². The van der Waals surface area contributed by atoms with Gasteiger partial charge in [-0.2, -0.15) is 0 Å². The number of nitrogens with zero attached hydrogens (tertiary/aromatic N) is 2. The van der Waals surface area contributed by atoms with Crippen LogP contribution in [0.15, 0.2) is 33.8 Å². The summed E-state index contributed by atoms with van der Waals surface area (Å²) in [5, 5.41) is 10.9. The van der Waals surface area contributed by atoms with Crippen LogP contribution in [0.4, 0.5) is 0 Å². The predicted octanol–water partition coefficient (Wildman–Crippen LogP) is 4.65. The molecular formula is C23H35IN4O2. The topological polar surface area (TPSA) is 71.7 Å². The Kier molecular flexibility index (Phi) is 10.5. The van der Waals surface area contributed by atoms with E-state index in [4.69, 9.17) is 9.26 Å². The van der Waals surface area contributed by atoms with Crippen molar-refractivity contribution in [2.24, 2.45) is 4.99 Å². The molecular weight excluding hydrogens is 491 g/mol. The number of halogens is 1. The van der Waals surface area contributed by atoms with Crippen molar-refractivity contribution in [3.63, 3.8) is 0 Å². The predicted molar refractivity (Wildman–Crippen MR) is 132 cm³/mol. The molecule has 0 radical (unpaired) electrons. The molecule has 1 aliphatic carbocycles. The van der Waals surface area contributed by atoms with E-state index in [-0.39, 0.29) is 24.0 Å². The number of ether oxygens (including phenoxy) is 1. The van der Waals surface area contributed by atoms with Crippen molar-refractivity contribution in [2.75, 3.05) is 13.6 Å². The third-order valence-corrected chi connectivity index (χ3v) is 5.50. The van der Waals surface area contributed by atoms with Gasteiger partial charge in [0, 0.05) is 32.1 Å².